The second kappa shape index (κ2) is 8.43. The maximum Gasteiger partial charge on any atom is 0.262 e. The summed E-state index contributed by atoms with van der Waals surface area (Å²) in [6, 6.07) is 12.3. The fourth-order valence-corrected chi connectivity index (χ4v) is 3.01. The Labute approximate surface area is 156 Å². The molecule has 0 aromatic heterocycles. The number of amides is 1. The van der Waals surface area contributed by atoms with E-state index in [0.717, 1.165) is 18.8 Å². The monoisotopic (exact) mass is 380 g/mol. The molecule has 0 bridgehead atoms. The Balaban J connectivity index is 1.66. The van der Waals surface area contributed by atoms with Gasteiger partial charge in [-0.15, -0.1) is 0 Å². The van der Waals surface area contributed by atoms with E-state index in [0.29, 0.717) is 34.7 Å². The molecule has 0 spiro atoms. The number of morpholine rings is 1. The number of rotatable bonds is 5. The van der Waals surface area contributed by atoms with E-state index in [9.17, 15) is 4.79 Å². The Morgan fingerprint density at radius 3 is 2.56 bits per heavy atom. The number of hydrogen-bond acceptors (Lipinski definition) is 4. The van der Waals surface area contributed by atoms with Gasteiger partial charge in [0.05, 0.1) is 29.6 Å². The smallest absolute Gasteiger partial charge is 0.262 e. The van der Waals surface area contributed by atoms with Gasteiger partial charge in [-0.1, -0.05) is 29.3 Å². The molecule has 1 saturated heterocycles. The summed E-state index contributed by atoms with van der Waals surface area (Å²) in [6.07, 6.45) is 0. The zero-order chi connectivity index (χ0) is 17.6. The van der Waals surface area contributed by atoms with E-state index < -0.39 is 0 Å². The zero-order valence-electron chi connectivity index (χ0n) is 13.5. The van der Waals surface area contributed by atoms with Crippen LogP contribution in [0.4, 0.5) is 11.4 Å². The van der Waals surface area contributed by atoms with E-state index in [1.54, 1.807) is 24.3 Å². The molecule has 3 rings (SSSR count). The molecule has 5 nitrogen and oxygen atoms in total. The van der Waals surface area contributed by atoms with Crippen molar-refractivity contribution in [3.05, 3.63) is 52.5 Å². The highest BCUT2D eigenvalue weighted by Crippen LogP contribution is 2.34. The minimum atomic E-state index is -0.258. The van der Waals surface area contributed by atoms with Crippen LogP contribution in [0.3, 0.4) is 0 Å². The van der Waals surface area contributed by atoms with Crippen LogP contribution < -0.4 is 15.0 Å². The highest BCUT2D eigenvalue weighted by atomic mass is 35.5. The Kier molecular flexibility index (Phi) is 6.02. The van der Waals surface area contributed by atoms with Crippen LogP contribution in [0.1, 0.15) is 0 Å². The summed E-state index contributed by atoms with van der Waals surface area (Å²) in [5.74, 6) is 0.325. The van der Waals surface area contributed by atoms with Crippen LogP contribution in [0, 0.1) is 0 Å². The molecular weight excluding hydrogens is 363 g/mol. The van der Waals surface area contributed by atoms with Gasteiger partial charge in [-0.3, -0.25) is 4.79 Å². The number of hydrogen-bond donors (Lipinski definition) is 1. The maximum atomic E-state index is 12.3. The predicted octanol–water partition coefficient (Wildman–Crippen LogP) is 3.85. The van der Waals surface area contributed by atoms with Crippen LogP contribution in [0.15, 0.2) is 42.5 Å². The lowest BCUT2D eigenvalue weighted by Gasteiger charge is -2.31. The van der Waals surface area contributed by atoms with Crippen LogP contribution in [-0.2, 0) is 9.53 Å². The van der Waals surface area contributed by atoms with E-state index in [1.165, 1.54) is 0 Å². The van der Waals surface area contributed by atoms with E-state index in [4.69, 9.17) is 32.7 Å². The fraction of sp³-hybridized carbons (Fsp3) is 0.278. The molecule has 132 valence electrons. The minimum Gasteiger partial charge on any atom is -0.484 e. The van der Waals surface area contributed by atoms with Crippen molar-refractivity contribution in [2.75, 3.05) is 43.1 Å². The first kappa shape index (κ1) is 17.9. The van der Waals surface area contributed by atoms with Gasteiger partial charge in [0.15, 0.2) is 6.61 Å². The van der Waals surface area contributed by atoms with E-state index >= 15 is 0 Å². The lowest BCUT2D eigenvalue weighted by molar-refractivity contribution is -0.118. The number of carbonyl (C=O) groups excluding carboxylic acids is 1. The molecule has 1 aliphatic rings. The molecule has 1 heterocycles. The highest BCUT2D eigenvalue weighted by Gasteiger charge is 2.19. The molecule has 0 aliphatic carbocycles. The Hall–Kier alpha value is -1.95. The number of ether oxygens (including phenoxy) is 2. The average Bonchev–Trinajstić information content (AvgIpc) is 2.62. The zero-order valence-corrected chi connectivity index (χ0v) is 15.0. The molecule has 1 N–H and O–H groups in total. The quantitative estimate of drug-likeness (QED) is 0.855. The molecule has 2 aromatic carbocycles. The number of carbonyl (C=O) groups is 1. The third-order valence-corrected chi connectivity index (χ3v) is 4.33. The van der Waals surface area contributed by atoms with Crippen molar-refractivity contribution in [3.8, 4) is 5.75 Å². The van der Waals surface area contributed by atoms with Crippen LogP contribution in [-0.4, -0.2) is 38.8 Å². The predicted molar refractivity (Wildman–Crippen MR) is 100 cm³/mol. The molecule has 2 aromatic rings. The van der Waals surface area contributed by atoms with Crippen LogP contribution in [0.25, 0.3) is 0 Å². The standard InChI is InChI=1S/C18H18Cl2N2O3/c19-13-4-6-14(7-5-13)25-12-17(23)21-16-3-1-2-15(20)18(16)22-8-10-24-11-9-22/h1-7H,8-12H2,(H,21,23). The van der Waals surface area contributed by atoms with Crippen LogP contribution in [0.5, 0.6) is 5.75 Å². The molecule has 0 atom stereocenters. The van der Waals surface area contributed by atoms with Gasteiger partial charge in [-0.25, -0.2) is 0 Å². The van der Waals surface area contributed by atoms with Gasteiger partial charge in [-0.05, 0) is 36.4 Å². The minimum absolute atomic E-state index is 0.100. The van der Waals surface area contributed by atoms with Gasteiger partial charge in [0.2, 0.25) is 0 Å². The lowest BCUT2D eigenvalue weighted by atomic mass is 10.2. The summed E-state index contributed by atoms with van der Waals surface area (Å²) in [6.45, 7) is 2.63. The number of benzene rings is 2. The van der Waals surface area contributed by atoms with E-state index in [2.05, 4.69) is 10.2 Å². The maximum absolute atomic E-state index is 12.3. The van der Waals surface area contributed by atoms with Crippen molar-refractivity contribution < 1.29 is 14.3 Å². The molecule has 7 heteroatoms. The fourth-order valence-electron chi connectivity index (χ4n) is 2.59. The summed E-state index contributed by atoms with van der Waals surface area (Å²) in [5.41, 5.74) is 1.48. The third kappa shape index (κ3) is 4.78. The van der Waals surface area contributed by atoms with Crippen molar-refractivity contribution in [2.45, 2.75) is 0 Å². The first-order chi connectivity index (χ1) is 12.1. The van der Waals surface area contributed by atoms with Crippen LogP contribution in [0.2, 0.25) is 10.0 Å². The number of anilines is 2. The summed E-state index contributed by atoms with van der Waals surface area (Å²) in [7, 11) is 0. The number of halogens is 2. The van der Waals surface area contributed by atoms with Gasteiger partial charge in [0.25, 0.3) is 5.91 Å². The summed E-state index contributed by atoms with van der Waals surface area (Å²) in [5, 5.41) is 4.09. The summed E-state index contributed by atoms with van der Waals surface area (Å²) >= 11 is 12.2. The molecule has 1 fully saturated rings. The number of para-hydroxylation sites is 1. The van der Waals surface area contributed by atoms with Gasteiger partial charge >= 0.3 is 0 Å². The Morgan fingerprint density at radius 2 is 1.84 bits per heavy atom. The normalized spacial score (nSPS) is 14.2. The molecule has 25 heavy (non-hydrogen) atoms. The van der Waals surface area contributed by atoms with Gasteiger partial charge in [0.1, 0.15) is 5.75 Å². The summed E-state index contributed by atoms with van der Waals surface area (Å²) < 4.78 is 10.8. The van der Waals surface area contributed by atoms with Crippen molar-refractivity contribution in [3.63, 3.8) is 0 Å². The second-order valence-electron chi connectivity index (χ2n) is 5.53. The third-order valence-electron chi connectivity index (χ3n) is 3.77. The van der Waals surface area contributed by atoms with E-state index in [-0.39, 0.29) is 12.5 Å². The Bertz CT molecular complexity index is 732. The molecular formula is C18H18Cl2N2O3. The number of nitrogens with one attached hydrogen (secondary N) is 1. The first-order valence-corrected chi connectivity index (χ1v) is 8.68. The van der Waals surface area contributed by atoms with Crippen molar-refractivity contribution in [1.29, 1.82) is 0 Å². The molecule has 0 saturated carbocycles. The van der Waals surface area contributed by atoms with Crippen LogP contribution >= 0.6 is 23.2 Å². The molecule has 1 amide bonds. The van der Waals surface area contributed by atoms with Crippen molar-refractivity contribution in [1.82, 2.24) is 0 Å². The molecule has 0 radical (unpaired) electrons. The lowest BCUT2D eigenvalue weighted by Crippen LogP contribution is -2.37. The van der Waals surface area contributed by atoms with E-state index in [1.807, 2.05) is 18.2 Å². The topological polar surface area (TPSA) is 50.8 Å². The second-order valence-corrected chi connectivity index (χ2v) is 6.37. The first-order valence-electron chi connectivity index (χ1n) is 7.93. The molecule has 0 unspecified atom stereocenters. The Morgan fingerprint density at radius 1 is 1.12 bits per heavy atom. The number of nitrogens with zero attached hydrogens (tertiary/aromatic N) is 1. The van der Waals surface area contributed by atoms with Gasteiger partial charge < -0.3 is 19.7 Å². The average molecular weight is 381 g/mol. The molecule has 1 aliphatic heterocycles. The van der Waals surface area contributed by atoms with Gasteiger partial charge in [-0.2, -0.15) is 0 Å². The van der Waals surface area contributed by atoms with Crippen molar-refractivity contribution >= 4 is 40.5 Å². The largest absolute Gasteiger partial charge is 0.484 e. The summed E-state index contributed by atoms with van der Waals surface area (Å²) in [4.78, 5) is 14.4. The highest BCUT2D eigenvalue weighted by molar-refractivity contribution is 6.34. The SMILES string of the molecule is O=C(COc1ccc(Cl)cc1)Nc1cccc(Cl)c1N1CCOCC1. The van der Waals surface area contributed by atoms with Gasteiger partial charge in [0, 0.05) is 18.1 Å². The van der Waals surface area contributed by atoms with Crippen molar-refractivity contribution in [2.24, 2.45) is 0 Å².